The van der Waals surface area contributed by atoms with E-state index in [4.69, 9.17) is 11.6 Å². The summed E-state index contributed by atoms with van der Waals surface area (Å²) in [6, 6.07) is 8.81. The fourth-order valence-electron chi connectivity index (χ4n) is 1.81. The monoisotopic (exact) mass is 388 g/mol. The molecule has 0 bridgehead atoms. The molecule has 2 aromatic rings. The van der Waals surface area contributed by atoms with Crippen LogP contribution >= 0.6 is 27.5 Å². The SMILES string of the molecule is O=S(=O)(Nc1cccc(CCCCl)c1)c1cncc(Br)c1. The van der Waals surface area contributed by atoms with Crippen LogP contribution in [-0.4, -0.2) is 19.3 Å². The first-order valence-electron chi connectivity index (χ1n) is 6.29. The minimum absolute atomic E-state index is 0.114. The molecule has 1 aromatic carbocycles. The lowest BCUT2D eigenvalue weighted by Crippen LogP contribution is -2.13. The average Bonchev–Trinajstić information content (AvgIpc) is 2.45. The van der Waals surface area contributed by atoms with E-state index in [0.717, 1.165) is 18.4 Å². The van der Waals surface area contributed by atoms with E-state index in [-0.39, 0.29) is 4.90 Å². The van der Waals surface area contributed by atoms with Crippen LogP contribution in [0.3, 0.4) is 0 Å². The topological polar surface area (TPSA) is 59.1 Å². The Morgan fingerprint density at radius 2 is 2.05 bits per heavy atom. The van der Waals surface area contributed by atoms with Crippen LogP contribution in [0, 0.1) is 0 Å². The van der Waals surface area contributed by atoms with Gasteiger partial charge < -0.3 is 0 Å². The third kappa shape index (κ3) is 4.69. The summed E-state index contributed by atoms with van der Waals surface area (Å²) in [6.07, 6.45) is 4.51. The Balaban J connectivity index is 2.20. The molecule has 1 aromatic heterocycles. The van der Waals surface area contributed by atoms with Gasteiger partial charge in [-0.2, -0.15) is 0 Å². The molecular formula is C14H14BrClN2O2S. The fraction of sp³-hybridized carbons (Fsp3) is 0.214. The minimum Gasteiger partial charge on any atom is -0.280 e. The lowest BCUT2D eigenvalue weighted by molar-refractivity contribution is 0.600. The molecule has 2 rings (SSSR count). The van der Waals surface area contributed by atoms with Gasteiger partial charge in [0, 0.05) is 28.4 Å². The summed E-state index contributed by atoms with van der Waals surface area (Å²) in [5.74, 6) is 0.583. The van der Waals surface area contributed by atoms with E-state index in [1.54, 1.807) is 6.07 Å². The number of sulfonamides is 1. The molecular weight excluding hydrogens is 376 g/mol. The molecule has 0 amide bonds. The van der Waals surface area contributed by atoms with Crippen LogP contribution in [-0.2, 0) is 16.4 Å². The number of pyridine rings is 1. The van der Waals surface area contributed by atoms with E-state index in [9.17, 15) is 8.42 Å². The molecule has 0 saturated carbocycles. The number of nitrogens with one attached hydrogen (secondary N) is 1. The van der Waals surface area contributed by atoms with Gasteiger partial charge in [0.1, 0.15) is 4.90 Å². The van der Waals surface area contributed by atoms with Crippen LogP contribution < -0.4 is 4.72 Å². The first kappa shape index (κ1) is 16.3. The molecule has 0 aliphatic heterocycles. The summed E-state index contributed by atoms with van der Waals surface area (Å²) >= 11 is 8.88. The number of aromatic nitrogens is 1. The van der Waals surface area contributed by atoms with Gasteiger partial charge in [0.25, 0.3) is 10.0 Å². The summed E-state index contributed by atoms with van der Waals surface area (Å²) in [5, 5.41) is 0. The summed E-state index contributed by atoms with van der Waals surface area (Å²) in [4.78, 5) is 3.98. The Bertz CT molecular complexity index is 722. The third-order valence-corrected chi connectivity index (χ3v) is 4.82. The number of alkyl halides is 1. The molecule has 0 atom stereocenters. The predicted molar refractivity (Wildman–Crippen MR) is 88.2 cm³/mol. The summed E-state index contributed by atoms with van der Waals surface area (Å²) in [5.41, 5.74) is 1.57. The number of benzene rings is 1. The second kappa shape index (κ2) is 7.24. The number of aryl methyl sites for hydroxylation is 1. The molecule has 112 valence electrons. The summed E-state index contributed by atoms with van der Waals surface area (Å²) in [6.45, 7) is 0. The molecule has 7 heteroatoms. The van der Waals surface area contributed by atoms with Gasteiger partial charge >= 0.3 is 0 Å². The number of nitrogens with zero attached hydrogens (tertiary/aromatic N) is 1. The van der Waals surface area contributed by atoms with Crippen molar-refractivity contribution in [2.24, 2.45) is 0 Å². The maximum atomic E-state index is 12.3. The van der Waals surface area contributed by atoms with Gasteiger partial charge in [-0.3, -0.25) is 9.71 Å². The molecule has 0 radical (unpaired) electrons. The van der Waals surface area contributed by atoms with Gasteiger partial charge in [-0.15, -0.1) is 11.6 Å². The van der Waals surface area contributed by atoms with Crippen molar-refractivity contribution in [1.82, 2.24) is 4.98 Å². The normalized spacial score (nSPS) is 11.3. The van der Waals surface area contributed by atoms with Crippen molar-refractivity contribution < 1.29 is 8.42 Å². The van der Waals surface area contributed by atoms with E-state index in [1.165, 1.54) is 18.5 Å². The van der Waals surface area contributed by atoms with Gasteiger partial charge in [0.15, 0.2) is 0 Å². The first-order chi connectivity index (χ1) is 10.0. The smallest absolute Gasteiger partial charge is 0.263 e. The van der Waals surface area contributed by atoms with Crippen LogP contribution in [0.2, 0.25) is 0 Å². The lowest BCUT2D eigenvalue weighted by Gasteiger charge is -2.09. The molecule has 0 fully saturated rings. The molecule has 1 heterocycles. The van der Waals surface area contributed by atoms with Crippen LogP contribution in [0.15, 0.2) is 52.1 Å². The van der Waals surface area contributed by atoms with Crippen LogP contribution in [0.4, 0.5) is 5.69 Å². The second-order valence-corrected chi connectivity index (χ2v) is 7.41. The molecule has 4 nitrogen and oxygen atoms in total. The molecule has 0 aliphatic rings. The number of halogens is 2. The van der Waals surface area contributed by atoms with E-state index < -0.39 is 10.0 Å². The Morgan fingerprint density at radius 1 is 1.24 bits per heavy atom. The molecule has 0 saturated heterocycles. The van der Waals surface area contributed by atoms with E-state index >= 15 is 0 Å². The molecule has 0 unspecified atom stereocenters. The highest BCUT2D eigenvalue weighted by atomic mass is 79.9. The van der Waals surface area contributed by atoms with Gasteiger partial charge in [-0.1, -0.05) is 12.1 Å². The van der Waals surface area contributed by atoms with Crippen molar-refractivity contribution >= 4 is 43.2 Å². The Hall–Kier alpha value is -1.11. The standard InChI is InChI=1S/C14H14BrClN2O2S/c15-12-8-14(10-17-9-12)21(19,20)18-13-5-1-3-11(7-13)4-2-6-16/h1,3,5,7-10,18H,2,4,6H2. The maximum Gasteiger partial charge on any atom is 0.263 e. The highest BCUT2D eigenvalue weighted by Crippen LogP contribution is 2.19. The van der Waals surface area contributed by atoms with Crippen molar-refractivity contribution in [1.29, 1.82) is 0 Å². The van der Waals surface area contributed by atoms with Crippen LogP contribution in [0.1, 0.15) is 12.0 Å². The average molecular weight is 390 g/mol. The maximum absolute atomic E-state index is 12.3. The minimum atomic E-state index is -3.64. The highest BCUT2D eigenvalue weighted by molar-refractivity contribution is 9.10. The molecule has 0 spiro atoms. The third-order valence-electron chi connectivity index (χ3n) is 2.77. The summed E-state index contributed by atoms with van der Waals surface area (Å²) in [7, 11) is -3.64. The van der Waals surface area contributed by atoms with E-state index in [1.807, 2.05) is 18.2 Å². The van der Waals surface area contributed by atoms with Crippen LogP contribution in [0.25, 0.3) is 0 Å². The number of anilines is 1. The van der Waals surface area contributed by atoms with Crippen molar-refractivity contribution in [3.63, 3.8) is 0 Å². The highest BCUT2D eigenvalue weighted by Gasteiger charge is 2.15. The van der Waals surface area contributed by atoms with Crippen LogP contribution in [0.5, 0.6) is 0 Å². The zero-order valence-corrected chi connectivity index (χ0v) is 14.2. The Morgan fingerprint density at radius 3 is 2.76 bits per heavy atom. The first-order valence-corrected chi connectivity index (χ1v) is 9.10. The quantitative estimate of drug-likeness (QED) is 0.764. The Kier molecular flexibility index (Phi) is 5.61. The lowest BCUT2D eigenvalue weighted by atomic mass is 10.1. The zero-order chi connectivity index (χ0) is 15.3. The molecule has 0 aliphatic carbocycles. The molecule has 1 N–H and O–H groups in total. The Labute approximate surface area is 137 Å². The van der Waals surface area contributed by atoms with Gasteiger partial charge in [0.05, 0.1) is 0 Å². The van der Waals surface area contributed by atoms with Crippen molar-refractivity contribution in [2.75, 3.05) is 10.6 Å². The van der Waals surface area contributed by atoms with E-state index in [2.05, 4.69) is 25.6 Å². The van der Waals surface area contributed by atoms with Crippen molar-refractivity contribution in [3.8, 4) is 0 Å². The fourth-order valence-corrected chi connectivity index (χ4v) is 3.50. The van der Waals surface area contributed by atoms with Gasteiger partial charge in [0.2, 0.25) is 0 Å². The van der Waals surface area contributed by atoms with Gasteiger partial charge in [-0.05, 0) is 52.5 Å². The number of hydrogen-bond donors (Lipinski definition) is 1. The van der Waals surface area contributed by atoms with E-state index in [0.29, 0.717) is 16.0 Å². The van der Waals surface area contributed by atoms with Gasteiger partial charge in [-0.25, -0.2) is 8.42 Å². The largest absolute Gasteiger partial charge is 0.280 e. The number of hydrogen-bond acceptors (Lipinski definition) is 3. The van der Waals surface area contributed by atoms with Crippen molar-refractivity contribution in [2.45, 2.75) is 17.7 Å². The predicted octanol–water partition coefficient (Wildman–Crippen LogP) is 3.82. The summed E-state index contributed by atoms with van der Waals surface area (Å²) < 4.78 is 27.7. The van der Waals surface area contributed by atoms with Crippen molar-refractivity contribution in [3.05, 3.63) is 52.8 Å². The zero-order valence-electron chi connectivity index (χ0n) is 11.1. The molecule has 21 heavy (non-hydrogen) atoms. The number of rotatable bonds is 6. The second-order valence-electron chi connectivity index (χ2n) is 4.44.